The summed E-state index contributed by atoms with van der Waals surface area (Å²) in [6.45, 7) is 4.77. The third-order valence-electron chi connectivity index (χ3n) is 2.31. The van der Waals surface area contributed by atoms with Gasteiger partial charge < -0.3 is 10.5 Å². The molecule has 0 aliphatic heterocycles. The second-order valence-electron chi connectivity index (χ2n) is 3.81. The van der Waals surface area contributed by atoms with Crippen molar-refractivity contribution < 1.29 is 4.74 Å². The van der Waals surface area contributed by atoms with Crippen molar-refractivity contribution in [2.45, 2.75) is 39.3 Å². The van der Waals surface area contributed by atoms with Crippen LogP contribution in [0.15, 0.2) is 21.1 Å². The van der Waals surface area contributed by atoms with Crippen molar-refractivity contribution in [3.8, 4) is 5.75 Å². The molecule has 0 aliphatic carbocycles. The third kappa shape index (κ3) is 3.75. The van der Waals surface area contributed by atoms with Crippen LogP contribution in [0.25, 0.3) is 0 Å². The van der Waals surface area contributed by atoms with Crippen LogP contribution >= 0.6 is 31.9 Å². The molecule has 2 N–H and O–H groups in total. The van der Waals surface area contributed by atoms with E-state index < -0.39 is 0 Å². The first-order valence-electron chi connectivity index (χ1n) is 5.43. The summed E-state index contributed by atoms with van der Waals surface area (Å²) in [6.07, 6.45) is 2.40. The lowest BCUT2D eigenvalue weighted by Crippen LogP contribution is -2.12. The summed E-state index contributed by atoms with van der Waals surface area (Å²) in [7, 11) is 0. The Morgan fingerprint density at radius 2 is 1.88 bits per heavy atom. The molecule has 16 heavy (non-hydrogen) atoms. The fourth-order valence-corrected chi connectivity index (χ4v) is 2.98. The Kier molecular flexibility index (Phi) is 5.79. The topological polar surface area (TPSA) is 35.2 Å². The van der Waals surface area contributed by atoms with Crippen molar-refractivity contribution in [1.29, 1.82) is 0 Å². The Hall–Kier alpha value is -0.0600. The van der Waals surface area contributed by atoms with Crippen LogP contribution in [-0.2, 0) is 6.54 Å². The Bertz CT molecular complexity index is 332. The SMILES string of the molecule is CCCC(C)Oc1c(Br)cc(CN)cc1Br. The van der Waals surface area contributed by atoms with Crippen LogP contribution in [0.2, 0.25) is 0 Å². The van der Waals surface area contributed by atoms with E-state index in [1.807, 2.05) is 12.1 Å². The minimum atomic E-state index is 0.223. The number of benzene rings is 1. The molecule has 0 aromatic heterocycles. The molecule has 1 aromatic rings. The van der Waals surface area contributed by atoms with E-state index in [2.05, 4.69) is 45.7 Å². The number of hydrogen-bond acceptors (Lipinski definition) is 2. The van der Waals surface area contributed by atoms with E-state index in [-0.39, 0.29) is 6.10 Å². The molecule has 0 saturated heterocycles. The monoisotopic (exact) mass is 349 g/mol. The fraction of sp³-hybridized carbons (Fsp3) is 0.500. The van der Waals surface area contributed by atoms with E-state index in [0.717, 1.165) is 33.1 Å². The van der Waals surface area contributed by atoms with Gasteiger partial charge in [-0.3, -0.25) is 0 Å². The van der Waals surface area contributed by atoms with Crippen LogP contribution in [0.4, 0.5) is 0 Å². The second kappa shape index (κ2) is 6.62. The van der Waals surface area contributed by atoms with Gasteiger partial charge in [-0.15, -0.1) is 0 Å². The Morgan fingerprint density at radius 1 is 1.31 bits per heavy atom. The Balaban J connectivity index is 2.87. The molecule has 0 radical (unpaired) electrons. The van der Waals surface area contributed by atoms with E-state index in [1.165, 1.54) is 0 Å². The number of halogens is 2. The van der Waals surface area contributed by atoms with E-state index in [4.69, 9.17) is 10.5 Å². The second-order valence-corrected chi connectivity index (χ2v) is 5.52. The summed E-state index contributed by atoms with van der Waals surface area (Å²) >= 11 is 7.02. The first-order valence-corrected chi connectivity index (χ1v) is 7.01. The van der Waals surface area contributed by atoms with Crippen LogP contribution < -0.4 is 10.5 Å². The summed E-state index contributed by atoms with van der Waals surface area (Å²) < 4.78 is 7.78. The van der Waals surface area contributed by atoms with Gasteiger partial charge in [-0.05, 0) is 62.9 Å². The van der Waals surface area contributed by atoms with Crippen molar-refractivity contribution in [2.75, 3.05) is 0 Å². The number of nitrogens with two attached hydrogens (primary N) is 1. The van der Waals surface area contributed by atoms with Crippen LogP contribution in [0.1, 0.15) is 32.3 Å². The molecule has 1 unspecified atom stereocenters. The third-order valence-corrected chi connectivity index (χ3v) is 3.49. The van der Waals surface area contributed by atoms with Gasteiger partial charge >= 0.3 is 0 Å². The van der Waals surface area contributed by atoms with Crippen LogP contribution in [0, 0.1) is 0 Å². The molecule has 4 heteroatoms. The quantitative estimate of drug-likeness (QED) is 0.862. The molecule has 2 nitrogen and oxygen atoms in total. The lowest BCUT2D eigenvalue weighted by Gasteiger charge is -2.17. The predicted molar refractivity (Wildman–Crippen MR) is 74.7 cm³/mol. The Labute approximate surface area is 114 Å². The first-order chi connectivity index (χ1) is 7.58. The standard InChI is InChI=1S/C12H17Br2NO/c1-3-4-8(2)16-12-10(13)5-9(7-15)6-11(12)14/h5-6,8H,3-4,7,15H2,1-2H3. The van der Waals surface area contributed by atoms with Gasteiger partial charge in [0.25, 0.3) is 0 Å². The molecule has 0 bridgehead atoms. The zero-order valence-corrected chi connectivity index (χ0v) is 12.8. The van der Waals surface area contributed by atoms with E-state index in [0.29, 0.717) is 6.54 Å². The molecule has 90 valence electrons. The van der Waals surface area contributed by atoms with Gasteiger partial charge in [-0.1, -0.05) is 13.3 Å². The van der Waals surface area contributed by atoms with Gasteiger partial charge in [0.05, 0.1) is 15.0 Å². The minimum Gasteiger partial charge on any atom is -0.488 e. The molecule has 0 aliphatic rings. The average molecular weight is 351 g/mol. The maximum absolute atomic E-state index is 5.88. The molecule has 0 spiro atoms. The van der Waals surface area contributed by atoms with Crippen molar-refractivity contribution >= 4 is 31.9 Å². The highest BCUT2D eigenvalue weighted by Gasteiger charge is 2.11. The largest absolute Gasteiger partial charge is 0.488 e. The number of hydrogen-bond donors (Lipinski definition) is 1. The van der Waals surface area contributed by atoms with E-state index in [9.17, 15) is 0 Å². The molecule has 0 fully saturated rings. The molecule has 1 atom stereocenters. The van der Waals surface area contributed by atoms with Crippen LogP contribution in [-0.4, -0.2) is 6.10 Å². The van der Waals surface area contributed by atoms with E-state index >= 15 is 0 Å². The normalized spacial score (nSPS) is 12.6. The van der Waals surface area contributed by atoms with Gasteiger partial charge in [-0.25, -0.2) is 0 Å². The minimum absolute atomic E-state index is 0.223. The zero-order chi connectivity index (χ0) is 12.1. The summed E-state index contributed by atoms with van der Waals surface area (Å²) in [5, 5.41) is 0. The van der Waals surface area contributed by atoms with Crippen molar-refractivity contribution in [1.82, 2.24) is 0 Å². The maximum Gasteiger partial charge on any atom is 0.148 e. The molecule has 1 aromatic carbocycles. The van der Waals surface area contributed by atoms with Crippen LogP contribution in [0.5, 0.6) is 5.75 Å². The highest BCUT2D eigenvalue weighted by molar-refractivity contribution is 9.11. The maximum atomic E-state index is 5.88. The molecular weight excluding hydrogens is 334 g/mol. The fourth-order valence-electron chi connectivity index (χ4n) is 1.51. The summed E-state index contributed by atoms with van der Waals surface area (Å²) in [5.74, 6) is 0.859. The lowest BCUT2D eigenvalue weighted by atomic mass is 10.2. The van der Waals surface area contributed by atoms with Gasteiger partial charge in [0.2, 0.25) is 0 Å². The van der Waals surface area contributed by atoms with Gasteiger partial charge in [0.1, 0.15) is 5.75 Å². The van der Waals surface area contributed by atoms with Gasteiger partial charge in [0, 0.05) is 6.54 Å². The van der Waals surface area contributed by atoms with Crippen molar-refractivity contribution in [3.05, 3.63) is 26.6 Å². The molecule has 0 saturated carbocycles. The van der Waals surface area contributed by atoms with Crippen LogP contribution in [0.3, 0.4) is 0 Å². The summed E-state index contributed by atoms with van der Waals surface area (Å²) in [5.41, 5.74) is 6.68. The van der Waals surface area contributed by atoms with Gasteiger partial charge in [-0.2, -0.15) is 0 Å². The molecular formula is C12H17Br2NO. The molecule has 0 amide bonds. The lowest BCUT2D eigenvalue weighted by molar-refractivity contribution is 0.207. The molecule has 1 rings (SSSR count). The zero-order valence-electron chi connectivity index (χ0n) is 9.59. The smallest absolute Gasteiger partial charge is 0.148 e. The first kappa shape index (κ1) is 14.0. The Morgan fingerprint density at radius 3 is 2.31 bits per heavy atom. The summed E-state index contributed by atoms with van der Waals surface area (Å²) in [6, 6.07) is 4.00. The summed E-state index contributed by atoms with van der Waals surface area (Å²) in [4.78, 5) is 0. The van der Waals surface area contributed by atoms with Crippen molar-refractivity contribution in [2.24, 2.45) is 5.73 Å². The van der Waals surface area contributed by atoms with Crippen molar-refractivity contribution in [3.63, 3.8) is 0 Å². The highest BCUT2D eigenvalue weighted by atomic mass is 79.9. The van der Waals surface area contributed by atoms with Gasteiger partial charge in [0.15, 0.2) is 0 Å². The average Bonchev–Trinajstić information content (AvgIpc) is 2.23. The molecule has 0 heterocycles. The van der Waals surface area contributed by atoms with E-state index in [1.54, 1.807) is 0 Å². The number of rotatable bonds is 5. The highest BCUT2D eigenvalue weighted by Crippen LogP contribution is 2.35. The number of ether oxygens (including phenoxy) is 1. The predicted octanol–water partition coefficient (Wildman–Crippen LogP) is 4.24.